The monoisotopic (exact) mass is 243 g/mol. The van der Waals surface area contributed by atoms with E-state index in [1.165, 1.54) is 0 Å². The van der Waals surface area contributed by atoms with Crippen molar-refractivity contribution in [3.05, 3.63) is 0 Å². The maximum atomic E-state index is 9.85. The Labute approximate surface area is 101 Å². The van der Waals surface area contributed by atoms with Crippen LogP contribution in [0.15, 0.2) is 0 Å². The summed E-state index contributed by atoms with van der Waals surface area (Å²) in [5.41, 5.74) is 11.3. The summed E-state index contributed by atoms with van der Waals surface area (Å²) in [4.78, 5) is 0. The number of aliphatic hydroxyl groups is 2. The summed E-state index contributed by atoms with van der Waals surface area (Å²) in [7, 11) is 0. The third-order valence-electron chi connectivity index (χ3n) is 3.22. The van der Waals surface area contributed by atoms with Gasteiger partial charge in [0.2, 0.25) is 0 Å². The summed E-state index contributed by atoms with van der Waals surface area (Å²) in [6.07, 6.45) is -0.265. The van der Waals surface area contributed by atoms with Crippen LogP contribution in [0.5, 0.6) is 0 Å². The second-order valence-electron chi connectivity index (χ2n) is 4.56. The molecule has 1 aliphatic rings. The molecule has 1 rings (SSSR count). The van der Waals surface area contributed by atoms with E-state index in [2.05, 4.69) is 0 Å². The van der Waals surface area contributed by atoms with Gasteiger partial charge in [-0.15, -0.1) is 0 Å². The van der Waals surface area contributed by atoms with Crippen molar-refractivity contribution in [3.63, 3.8) is 0 Å². The SMILES string of the molecule is N#CCC1OC(CC(CN)CO)C(O)CC1N. The summed E-state index contributed by atoms with van der Waals surface area (Å²) >= 11 is 0. The number of rotatable bonds is 5. The van der Waals surface area contributed by atoms with Gasteiger partial charge in [0.05, 0.1) is 30.8 Å². The normalized spacial score (nSPS) is 35.2. The van der Waals surface area contributed by atoms with Gasteiger partial charge in [0, 0.05) is 12.6 Å². The topological polar surface area (TPSA) is 126 Å². The zero-order valence-corrected chi connectivity index (χ0v) is 9.83. The Morgan fingerprint density at radius 3 is 2.71 bits per heavy atom. The van der Waals surface area contributed by atoms with Gasteiger partial charge in [-0.25, -0.2) is 0 Å². The van der Waals surface area contributed by atoms with Gasteiger partial charge >= 0.3 is 0 Å². The van der Waals surface area contributed by atoms with Gasteiger partial charge in [-0.2, -0.15) is 5.26 Å². The number of ether oxygens (including phenoxy) is 1. The second kappa shape index (κ2) is 6.89. The summed E-state index contributed by atoms with van der Waals surface area (Å²) in [6, 6.07) is 1.71. The van der Waals surface area contributed by atoms with Crippen molar-refractivity contribution in [2.45, 2.75) is 43.6 Å². The predicted octanol–water partition coefficient (Wildman–Crippen LogP) is -1.30. The zero-order valence-electron chi connectivity index (χ0n) is 9.83. The van der Waals surface area contributed by atoms with Crippen molar-refractivity contribution in [1.82, 2.24) is 0 Å². The highest BCUT2D eigenvalue weighted by atomic mass is 16.5. The van der Waals surface area contributed by atoms with Gasteiger partial charge in [0.15, 0.2) is 0 Å². The molecule has 6 N–H and O–H groups in total. The average molecular weight is 243 g/mol. The van der Waals surface area contributed by atoms with Crippen LogP contribution in [-0.4, -0.2) is 47.7 Å². The summed E-state index contributed by atoms with van der Waals surface area (Å²) in [5, 5.41) is 27.6. The van der Waals surface area contributed by atoms with Gasteiger partial charge < -0.3 is 26.4 Å². The standard InChI is InChI=1S/C11H21N3O3/c12-2-1-10-8(14)4-9(16)11(17-10)3-7(5-13)6-15/h7-11,15-16H,1,3-6,13-14H2. The van der Waals surface area contributed by atoms with E-state index in [-0.39, 0.29) is 31.1 Å². The maximum Gasteiger partial charge on any atom is 0.0861 e. The molecule has 0 radical (unpaired) electrons. The first-order valence-electron chi connectivity index (χ1n) is 5.89. The zero-order chi connectivity index (χ0) is 12.8. The van der Waals surface area contributed by atoms with E-state index in [1.807, 2.05) is 6.07 Å². The quantitative estimate of drug-likeness (QED) is 0.475. The third-order valence-corrected chi connectivity index (χ3v) is 3.22. The molecule has 6 heteroatoms. The molecule has 0 bridgehead atoms. The van der Waals surface area contributed by atoms with Crippen LogP contribution in [0.4, 0.5) is 0 Å². The smallest absolute Gasteiger partial charge is 0.0861 e. The van der Waals surface area contributed by atoms with Crippen LogP contribution in [0.2, 0.25) is 0 Å². The predicted molar refractivity (Wildman–Crippen MR) is 61.7 cm³/mol. The van der Waals surface area contributed by atoms with E-state index >= 15 is 0 Å². The lowest BCUT2D eigenvalue weighted by Crippen LogP contribution is -2.51. The minimum atomic E-state index is -0.652. The Bertz CT molecular complexity index is 265. The Morgan fingerprint density at radius 1 is 1.47 bits per heavy atom. The van der Waals surface area contributed by atoms with Crippen molar-refractivity contribution in [1.29, 1.82) is 5.26 Å². The van der Waals surface area contributed by atoms with Crippen LogP contribution < -0.4 is 11.5 Å². The largest absolute Gasteiger partial charge is 0.396 e. The number of nitriles is 1. The molecule has 0 aromatic rings. The minimum Gasteiger partial charge on any atom is -0.396 e. The van der Waals surface area contributed by atoms with E-state index < -0.39 is 12.2 Å². The highest BCUT2D eigenvalue weighted by molar-refractivity contribution is 4.92. The summed E-state index contributed by atoms with van der Waals surface area (Å²) in [6.45, 7) is 0.316. The summed E-state index contributed by atoms with van der Waals surface area (Å²) < 4.78 is 5.62. The molecule has 0 aromatic heterocycles. The fourth-order valence-electron chi connectivity index (χ4n) is 2.07. The lowest BCUT2D eigenvalue weighted by atomic mass is 9.90. The molecule has 0 spiro atoms. The molecular formula is C11H21N3O3. The average Bonchev–Trinajstić information content (AvgIpc) is 2.31. The molecule has 5 atom stereocenters. The van der Waals surface area contributed by atoms with Crippen molar-refractivity contribution in [2.75, 3.05) is 13.2 Å². The highest BCUT2D eigenvalue weighted by Gasteiger charge is 2.35. The van der Waals surface area contributed by atoms with Crippen LogP contribution in [-0.2, 0) is 4.74 Å². The Hall–Kier alpha value is -0.710. The fourth-order valence-corrected chi connectivity index (χ4v) is 2.07. The van der Waals surface area contributed by atoms with Crippen LogP contribution in [0, 0.1) is 17.2 Å². The van der Waals surface area contributed by atoms with Gasteiger partial charge in [-0.3, -0.25) is 0 Å². The number of hydrogen-bond donors (Lipinski definition) is 4. The number of nitrogens with two attached hydrogens (primary N) is 2. The molecule has 1 fully saturated rings. The molecule has 5 unspecified atom stereocenters. The van der Waals surface area contributed by atoms with Crippen LogP contribution >= 0.6 is 0 Å². The summed E-state index contributed by atoms with van der Waals surface area (Å²) in [5.74, 6) is -0.0910. The van der Waals surface area contributed by atoms with Crippen LogP contribution in [0.3, 0.4) is 0 Å². The van der Waals surface area contributed by atoms with Crippen molar-refractivity contribution in [3.8, 4) is 6.07 Å². The lowest BCUT2D eigenvalue weighted by Gasteiger charge is -2.38. The Morgan fingerprint density at radius 2 is 2.18 bits per heavy atom. The number of hydrogen-bond acceptors (Lipinski definition) is 6. The second-order valence-corrected chi connectivity index (χ2v) is 4.56. The molecule has 0 aromatic carbocycles. The van der Waals surface area contributed by atoms with E-state index in [4.69, 9.17) is 26.6 Å². The van der Waals surface area contributed by atoms with E-state index in [9.17, 15) is 5.11 Å². The van der Waals surface area contributed by atoms with E-state index in [0.29, 0.717) is 19.4 Å². The molecule has 0 amide bonds. The molecule has 0 saturated carbocycles. The molecule has 1 saturated heterocycles. The molecule has 98 valence electrons. The van der Waals surface area contributed by atoms with Crippen LogP contribution in [0.25, 0.3) is 0 Å². The van der Waals surface area contributed by atoms with Gasteiger partial charge in [0.1, 0.15) is 0 Å². The number of nitrogens with zero attached hydrogens (tertiary/aromatic N) is 1. The molecular weight excluding hydrogens is 222 g/mol. The van der Waals surface area contributed by atoms with Crippen molar-refractivity contribution in [2.24, 2.45) is 17.4 Å². The van der Waals surface area contributed by atoms with Gasteiger partial charge in [-0.1, -0.05) is 0 Å². The highest BCUT2D eigenvalue weighted by Crippen LogP contribution is 2.25. The van der Waals surface area contributed by atoms with Gasteiger partial charge in [-0.05, 0) is 25.3 Å². The Kier molecular flexibility index (Phi) is 5.82. The minimum absolute atomic E-state index is 0.0297. The first kappa shape index (κ1) is 14.4. The molecule has 1 heterocycles. The van der Waals surface area contributed by atoms with E-state index in [0.717, 1.165) is 0 Å². The fraction of sp³-hybridized carbons (Fsp3) is 0.909. The lowest BCUT2D eigenvalue weighted by molar-refractivity contribution is -0.132. The first-order chi connectivity index (χ1) is 8.12. The van der Waals surface area contributed by atoms with Crippen molar-refractivity contribution < 1.29 is 14.9 Å². The third kappa shape index (κ3) is 3.91. The Balaban J connectivity index is 2.56. The maximum absolute atomic E-state index is 9.85. The van der Waals surface area contributed by atoms with E-state index in [1.54, 1.807) is 0 Å². The molecule has 1 aliphatic heterocycles. The molecule has 17 heavy (non-hydrogen) atoms. The van der Waals surface area contributed by atoms with Crippen LogP contribution in [0.1, 0.15) is 19.3 Å². The first-order valence-corrected chi connectivity index (χ1v) is 5.89. The van der Waals surface area contributed by atoms with Crippen molar-refractivity contribution >= 4 is 0 Å². The number of aliphatic hydroxyl groups excluding tert-OH is 2. The van der Waals surface area contributed by atoms with Gasteiger partial charge in [0.25, 0.3) is 0 Å². The molecule has 0 aliphatic carbocycles. The molecule has 6 nitrogen and oxygen atoms in total.